The van der Waals surface area contributed by atoms with Crippen molar-refractivity contribution in [2.24, 2.45) is 0 Å². The van der Waals surface area contributed by atoms with Gasteiger partial charge in [-0.2, -0.15) is 0 Å². The molecule has 0 radical (unpaired) electrons. The molecule has 1 aliphatic rings. The molecular formula is C17H24Cl2N4O. The van der Waals surface area contributed by atoms with Crippen molar-refractivity contribution >= 4 is 23.2 Å². The molecule has 24 heavy (non-hydrogen) atoms. The maximum absolute atomic E-state index is 6.08. The fraction of sp³-hybridized carbons (Fsp3) is 0.471. The number of hydrogen-bond acceptors (Lipinski definition) is 4. The molecule has 1 aliphatic heterocycles. The van der Waals surface area contributed by atoms with E-state index in [-0.39, 0.29) is 7.43 Å². The Hall–Kier alpha value is -1.27. The molecule has 2 aromatic rings. The number of ether oxygens (including phenoxy) is 1. The first-order valence-electron chi connectivity index (χ1n) is 7.71. The second-order valence-electron chi connectivity index (χ2n) is 5.57. The average Bonchev–Trinajstić information content (AvgIpc) is 2.92. The molecule has 1 saturated heterocycles. The summed E-state index contributed by atoms with van der Waals surface area (Å²) in [7, 11) is 0. The third-order valence-electron chi connectivity index (χ3n) is 3.88. The van der Waals surface area contributed by atoms with E-state index in [0.717, 1.165) is 44.1 Å². The van der Waals surface area contributed by atoms with Gasteiger partial charge in [0, 0.05) is 44.5 Å². The zero-order chi connectivity index (χ0) is 16.2. The maximum atomic E-state index is 6.08. The van der Waals surface area contributed by atoms with E-state index in [1.165, 1.54) is 0 Å². The molecule has 132 valence electrons. The van der Waals surface area contributed by atoms with Crippen molar-refractivity contribution in [3.05, 3.63) is 40.0 Å². The second kappa shape index (κ2) is 8.72. The fourth-order valence-corrected chi connectivity index (χ4v) is 2.90. The highest BCUT2D eigenvalue weighted by atomic mass is 35.5. The summed E-state index contributed by atoms with van der Waals surface area (Å²) in [4.78, 5) is 2.39. The summed E-state index contributed by atoms with van der Waals surface area (Å²) in [5, 5.41) is 8.89. The van der Waals surface area contributed by atoms with Gasteiger partial charge in [-0.3, -0.25) is 4.90 Å². The van der Waals surface area contributed by atoms with E-state index >= 15 is 0 Å². The van der Waals surface area contributed by atoms with Crippen molar-refractivity contribution in [2.45, 2.75) is 14.4 Å². The Balaban J connectivity index is 0.00000208. The fourth-order valence-electron chi connectivity index (χ4n) is 2.61. The number of benzene rings is 1. The number of piperazine rings is 1. The number of halogens is 2. The summed E-state index contributed by atoms with van der Waals surface area (Å²) >= 11 is 12.0. The molecule has 0 amide bonds. The Morgan fingerprint density at radius 3 is 2.62 bits per heavy atom. The molecule has 1 aromatic heterocycles. The highest BCUT2D eigenvalue weighted by Gasteiger charge is 2.11. The number of hydrogen-bond donors (Lipinski definition) is 1. The molecule has 0 unspecified atom stereocenters. The van der Waals surface area contributed by atoms with Gasteiger partial charge in [0.25, 0.3) is 0 Å². The van der Waals surface area contributed by atoms with Crippen LogP contribution in [0, 0.1) is 6.92 Å². The minimum atomic E-state index is 0. The normalized spacial score (nSPS) is 15.1. The average molecular weight is 371 g/mol. The Morgan fingerprint density at radius 2 is 1.92 bits per heavy atom. The first-order valence-corrected chi connectivity index (χ1v) is 8.47. The van der Waals surface area contributed by atoms with Gasteiger partial charge in [-0.15, -0.1) is 5.10 Å². The topological polar surface area (TPSA) is 42.3 Å². The number of aromatic nitrogens is 2. The van der Waals surface area contributed by atoms with Gasteiger partial charge < -0.3 is 10.1 Å². The monoisotopic (exact) mass is 370 g/mol. The predicted molar refractivity (Wildman–Crippen MR) is 99.9 cm³/mol. The van der Waals surface area contributed by atoms with Crippen LogP contribution < -0.4 is 10.1 Å². The molecule has 0 atom stereocenters. The Kier molecular flexibility index (Phi) is 6.92. The summed E-state index contributed by atoms with van der Waals surface area (Å²) < 4.78 is 7.60. The first kappa shape index (κ1) is 19.1. The molecule has 7 heteroatoms. The highest BCUT2D eigenvalue weighted by Crippen LogP contribution is 2.25. The van der Waals surface area contributed by atoms with Gasteiger partial charge >= 0.3 is 0 Å². The van der Waals surface area contributed by atoms with Crippen molar-refractivity contribution in [1.29, 1.82) is 0 Å². The number of nitrogens with zero attached hydrogens (tertiary/aromatic N) is 3. The molecule has 1 N–H and O–H groups in total. The van der Waals surface area contributed by atoms with Gasteiger partial charge in [0.05, 0.1) is 15.7 Å². The summed E-state index contributed by atoms with van der Waals surface area (Å²) in [6.45, 7) is 7.77. The highest BCUT2D eigenvalue weighted by molar-refractivity contribution is 6.42. The van der Waals surface area contributed by atoms with Crippen LogP contribution in [0.5, 0.6) is 5.88 Å². The molecule has 1 fully saturated rings. The van der Waals surface area contributed by atoms with E-state index in [2.05, 4.69) is 15.3 Å². The Bertz CT molecular complexity index is 669. The lowest BCUT2D eigenvalue weighted by atomic mass is 10.3. The standard InChI is InChI=1S/C16H20Cl2N4O.CH4/c1-12-10-16(23-9-8-21-6-4-19-5-7-21)20-22(12)13-2-3-14(17)15(18)11-13;/h2-3,10-11,19H,4-9H2,1H3;1H4. The largest absolute Gasteiger partial charge is 0.475 e. The molecule has 2 heterocycles. The van der Waals surface area contributed by atoms with Crippen molar-refractivity contribution in [2.75, 3.05) is 39.3 Å². The summed E-state index contributed by atoms with van der Waals surface area (Å²) in [6.07, 6.45) is 0. The van der Waals surface area contributed by atoms with Crippen molar-refractivity contribution < 1.29 is 4.74 Å². The molecule has 0 aliphatic carbocycles. The molecule has 3 rings (SSSR count). The van der Waals surface area contributed by atoms with Crippen LogP contribution in [0.15, 0.2) is 24.3 Å². The molecule has 5 nitrogen and oxygen atoms in total. The summed E-state index contributed by atoms with van der Waals surface area (Å²) in [6, 6.07) is 7.39. The molecule has 1 aromatic carbocycles. The van der Waals surface area contributed by atoms with E-state index in [1.807, 2.05) is 23.7 Å². The van der Waals surface area contributed by atoms with Crippen molar-refractivity contribution in [1.82, 2.24) is 20.0 Å². The van der Waals surface area contributed by atoms with Crippen molar-refractivity contribution in [3.63, 3.8) is 0 Å². The SMILES string of the molecule is C.Cc1cc(OCCN2CCNCC2)nn1-c1ccc(Cl)c(Cl)c1. The van der Waals surface area contributed by atoms with Gasteiger partial charge in [0.15, 0.2) is 0 Å². The first-order chi connectivity index (χ1) is 11.1. The summed E-state index contributed by atoms with van der Waals surface area (Å²) in [5.41, 5.74) is 1.86. The van der Waals surface area contributed by atoms with Crippen LogP contribution in [0.1, 0.15) is 13.1 Å². The van der Waals surface area contributed by atoms with E-state index in [0.29, 0.717) is 22.5 Å². The van der Waals surface area contributed by atoms with Gasteiger partial charge in [-0.1, -0.05) is 30.6 Å². The zero-order valence-corrected chi connectivity index (χ0v) is 14.6. The lowest BCUT2D eigenvalue weighted by molar-refractivity contribution is 0.188. The Morgan fingerprint density at radius 1 is 1.17 bits per heavy atom. The van der Waals surface area contributed by atoms with Gasteiger partial charge in [0.1, 0.15) is 6.61 Å². The van der Waals surface area contributed by atoms with Gasteiger partial charge in [-0.25, -0.2) is 4.68 Å². The minimum absolute atomic E-state index is 0. The second-order valence-corrected chi connectivity index (χ2v) is 6.39. The number of rotatable bonds is 5. The zero-order valence-electron chi connectivity index (χ0n) is 13.1. The van der Waals surface area contributed by atoms with E-state index in [4.69, 9.17) is 27.9 Å². The van der Waals surface area contributed by atoms with Crippen LogP contribution in [0.3, 0.4) is 0 Å². The van der Waals surface area contributed by atoms with Crippen molar-refractivity contribution in [3.8, 4) is 11.6 Å². The smallest absolute Gasteiger partial charge is 0.233 e. The van der Waals surface area contributed by atoms with Crippen LogP contribution in [0.25, 0.3) is 5.69 Å². The lowest BCUT2D eigenvalue weighted by Gasteiger charge is -2.26. The van der Waals surface area contributed by atoms with Crippen LogP contribution >= 0.6 is 23.2 Å². The minimum Gasteiger partial charge on any atom is -0.475 e. The van der Waals surface area contributed by atoms with Crippen LogP contribution in [0.2, 0.25) is 10.0 Å². The van der Waals surface area contributed by atoms with E-state index in [9.17, 15) is 0 Å². The number of nitrogens with one attached hydrogen (secondary N) is 1. The third kappa shape index (κ3) is 4.63. The van der Waals surface area contributed by atoms with Gasteiger partial charge in [0.2, 0.25) is 5.88 Å². The molecule has 0 bridgehead atoms. The molecule has 0 spiro atoms. The van der Waals surface area contributed by atoms with Gasteiger partial charge in [-0.05, 0) is 25.1 Å². The number of aryl methyl sites for hydroxylation is 1. The van der Waals surface area contributed by atoms with Crippen LogP contribution in [-0.4, -0.2) is 54.0 Å². The Labute approximate surface area is 153 Å². The quantitative estimate of drug-likeness (QED) is 0.875. The molecular weight excluding hydrogens is 347 g/mol. The van der Waals surface area contributed by atoms with Crippen LogP contribution in [-0.2, 0) is 0 Å². The maximum Gasteiger partial charge on any atom is 0.233 e. The van der Waals surface area contributed by atoms with E-state index < -0.39 is 0 Å². The lowest BCUT2D eigenvalue weighted by Crippen LogP contribution is -2.44. The third-order valence-corrected chi connectivity index (χ3v) is 4.62. The molecule has 0 saturated carbocycles. The summed E-state index contributed by atoms with van der Waals surface area (Å²) in [5.74, 6) is 0.628. The van der Waals surface area contributed by atoms with Crippen LogP contribution in [0.4, 0.5) is 0 Å². The van der Waals surface area contributed by atoms with E-state index in [1.54, 1.807) is 12.1 Å². The predicted octanol–water partition coefficient (Wildman–Crippen LogP) is 3.41.